The van der Waals surface area contributed by atoms with E-state index in [2.05, 4.69) is 11.8 Å². The number of carbonyl (C=O) groups excluding carboxylic acids is 2. The third-order valence-electron chi connectivity index (χ3n) is 3.67. The number of nitrogens with zero attached hydrogens (tertiary/aromatic N) is 1. The summed E-state index contributed by atoms with van der Waals surface area (Å²) in [7, 11) is 0. The second kappa shape index (κ2) is 8.93. The molecule has 0 radical (unpaired) electrons. The number of likely N-dealkylation sites (tertiary alicyclic amines) is 1. The molecule has 130 valence electrons. The number of aliphatic hydroxyl groups excluding tert-OH is 1. The Labute approximate surface area is 139 Å². The molecule has 5 heteroatoms. The molecule has 2 rings (SSSR count). The molecule has 0 atom stereocenters. The van der Waals surface area contributed by atoms with Crippen LogP contribution in [0.15, 0.2) is 0 Å². The van der Waals surface area contributed by atoms with E-state index >= 15 is 0 Å². The zero-order valence-electron chi connectivity index (χ0n) is 14.7. The normalized spacial score (nSPS) is 18.7. The topological polar surface area (TPSA) is 66.8 Å². The molecule has 1 saturated carbocycles. The summed E-state index contributed by atoms with van der Waals surface area (Å²) in [5.74, 6) is 6.00. The molecule has 0 unspecified atom stereocenters. The highest BCUT2D eigenvalue weighted by Gasteiger charge is 2.25. The summed E-state index contributed by atoms with van der Waals surface area (Å²) in [4.78, 5) is 23.5. The molecule has 2 aliphatic rings. The number of ether oxygens (including phenoxy) is 1. The zero-order chi connectivity index (χ0) is 17.5. The fourth-order valence-corrected chi connectivity index (χ4v) is 2.13. The van der Waals surface area contributed by atoms with Crippen molar-refractivity contribution in [3.63, 3.8) is 0 Å². The maximum absolute atomic E-state index is 11.5. The van der Waals surface area contributed by atoms with E-state index in [1.165, 1.54) is 26.2 Å². The molecule has 0 spiro atoms. The summed E-state index contributed by atoms with van der Waals surface area (Å²) in [6.07, 6.45) is 4.45. The van der Waals surface area contributed by atoms with Crippen molar-refractivity contribution in [3.8, 4) is 11.8 Å². The van der Waals surface area contributed by atoms with Gasteiger partial charge < -0.3 is 14.7 Å². The molecule has 0 aromatic heterocycles. The Morgan fingerprint density at radius 3 is 2.09 bits per heavy atom. The van der Waals surface area contributed by atoms with Crippen LogP contribution in [0.5, 0.6) is 0 Å². The lowest BCUT2D eigenvalue weighted by Crippen LogP contribution is -2.42. The summed E-state index contributed by atoms with van der Waals surface area (Å²) in [6, 6.07) is 0. The van der Waals surface area contributed by atoms with Gasteiger partial charge in [-0.25, -0.2) is 4.79 Å². The molecule has 1 saturated heterocycles. The van der Waals surface area contributed by atoms with Gasteiger partial charge in [-0.3, -0.25) is 4.79 Å². The van der Waals surface area contributed by atoms with Crippen molar-refractivity contribution in [1.82, 2.24) is 4.90 Å². The molecular formula is C18H29NO4. The summed E-state index contributed by atoms with van der Waals surface area (Å²) < 4.78 is 5.22. The smallest absolute Gasteiger partial charge is 0.410 e. The zero-order valence-corrected chi connectivity index (χ0v) is 14.7. The van der Waals surface area contributed by atoms with Crippen LogP contribution in [-0.4, -0.2) is 46.7 Å². The number of ketones is 1. The molecule has 2 fully saturated rings. The summed E-state index contributed by atoms with van der Waals surface area (Å²) >= 11 is 0. The van der Waals surface area contributed by atoms with Crippen LogP contribution in [0.1, 0.15) is 59.8 Å². The van der Waals surface area contributed by atoms with Crippen LogP contribution < -0.4 is 0 Å². The number of piperidine rings is 1. The molecule has 1 aliphatic carbocycles. The highest BCUT2D eigenvalue weighted by Crippen LogP contribution is 2.24. The standard InChI is InChI=1S/C10H19NO3.C8H10O/c1-10(2,3)14-9(13)11-6-4-8(12)5-7-11;1-7(9)5-6-8-3-2-4-8/h8,12H,4-7H2,1-3H3;8H,2-4H2,1H3. The van der Waals surface area contributed by atoms with Crippen LogP contribution in [0.4, 0.5) is 4.79 Å². The van der Waals surface area contributed by atoms with Crippen LogP contribution in [0.2, 0.25) is 0 Å². The van der Waals surface area contributed by atoms with Gasteiger partial charge in [-0.15, -0.1) is 0 Å². The first-order valence-electron chi connectivity index (χ1n) is 8.35. The molecule has 0 aromatic rings. The molecule has 1 amide bonds. The lowest BCUT2D eigenvalue weighted by molar-refractivity contribution is -0.111. The number of carbonyl (C=O) groups is 2. The van der Waals surface area contributed by atoms with Crippen LogP contribution in [0.25, 0.3) is 0 Å². The van der Waals surface area contributed by atoms with Gasteiger partial charge in [-0.05, 0) is 52.4 Å². The molecule has 0 aromatic carbocycles. The first kappa shape index (κ1) is 19.5. The van der Waals surface area contributed by atoms with E-state index in [0.29, 0.717) is 31.8 Å². The van der Waals surface area contributed by atoms with Crippen molar-refractivity contribution in [2.45, 2.75) is 71.5 Å². The summed E-state index contributed by atoms with van der Waals surface area (Å²) in [6.45, 7) is 8.24. The molecule has 1 heterocycles. The van der Waals surface area contributed by atoms with Gasteiger partial charge >= 0.3 is 6.09 Å². The van der Waals surface area contributed by atoms with Gasteiger partial charge in [0.1, 0.15) is 5.60 Å². The second-order valence-corrected chi connectivity index (χ2v) is 7.15. The fraction of sp³-hybridized carbons (Fsp3) is 0.778. The van der Waals surface area contributed by atoms with Gasteiger partial charge in [0.15, 0.2) is 0 Å². The number of hydrogen-bond donors (Lipinski definition) is 1. The summed E-state index contributed by atoms with van der Waals surface area (Å²) in [5, 5.41) is 9.26. The van der Waals surface area contributed by atoms with E-state index in [1.807, 2.05) is 20.8 Å². The Morgan fingerprint density at radius 1 is 1.13 bits per heavy atom. The van der Waals surface area contributed by atoms with Crippen LogP contribution in [0, 0.1) is 17.8 Å². The maximum atomic E-state index is 11.5. The lowest BCUT2D eigenvalue weighted by atomic mass is 9.86. The van der Waals surface area contributed by atoms with E-state index in [1.54, 1.807) is 4.90 Å². The Kier molecular flexibility index (Phi) is 7.57. The highest BCUT2D eigenvalue weighted by molar-refractivity contribution is 5.93. The number of amides is 1. The van der Waals surface area contributed by atoms with Gasteiger partial charge in [0.25, 0.3) is 0 Å². The van der Waals surface area contributed by atoms with Gasteiger partial charge in [-0.2, -0.15) is 0 Å². The first-order chi connectivity index (χ1) is 10.7. The van der Waals surface area contributed by atoms with Crippen LogP contribution in [0.3, 0.4) is 0 Å². The molecule has 23 heavy (non-hydrogen) atoms. The lowest BCUT2D eigenvalue weighted by Gasteiger charge is -2.31. The predicted octanol–water partition coefficient (Wildman–Crippen LogP) is 2.76. The van der Waals surface area contributed by atoms with Crippen molar-refractivity contribution < 1.29 is 19.4 Å². The minimum atomic E-state index is -0.437. The minimum Gasteiger partial charge on any atom is -0.444 e. The van der Waals surface area contributed by atoms with Crippen molar-refractivity contribution in [2.24, 2.45) is 5.92 Å². The monoisotopic (exact) mass is 323 g/mol. The molecule has 0 bridgehead atoms. The van der Waals surface area contributed by atoms with E-state index < -0.39 is 5.60 Å². The van der Waals surface area contributed by atoms with Gasteiger partial charge in [0.05, 0.1) is 6.10 Å². The van der Waals surface area contributed by atoms with Gasteiger partial charge in [0, 0.05) is 25.9 Å². The minimum absolute atomic E-state index is 0.0121. The SMILES string of the molecule is CC(=O)C#CC1CCC1.CC(C)(C)OC(=O)N1CCC(O)CC1. The largest absolute Gasteiger partial charge is 0.444 e. The third-order valence-corrected chi connectivity index (χ3v) is 3.67. The Hall–Kier alpha value is -1.54. The Morgan fingerprint density at radius 2 is 1.70 bits per heavy atom. The Balaban J connectivity index is 0.000000253. The number of aliphatic hydroxyl groups is 1. The molecular weight excluding hydrogens is 294 g/mol. The van der Waals surface area contributed by atoms with E-state index in [4.69, 9.17) is 4.74 Å². The Bertz CT molecular complexity index is 458. The van der Waals surface area contributed by atoms with Crippen molar-refractivity contribution in [3.05, 3.63) is 0 Å². The van der Waals surface area contributed by atoms with Crippen molar-refractivity contribution in [2.75, 3.05) is 13.1 Å². The first-order valence-corrected chi connectivity index (χ1v) is 8.35. The van der Waals surface area contributed by atoms with E-state index in [9.17, 15) is 14.7 Å². The fourth-order valence-electron chi connectivity index (χ4n) is 2.13. The number of Topliss-reactive ketones (excluding diaryl/α,β-unsaturated/α-hetero) is 1. The van der Waals surface area contributed by atoms with Crippen molar-refractivity contribution in [1.29, 1.82) is 0 Å². The average Bonchev–Trinajstić information content (AvgIpc) is 2.36. The maximum Gasteiger partial charge on any atom is 0.410 e. The second-order valence-electron chi connectivity index (χ2n) is 7.15. The van der Waals surface area contributed by atoms with Crippen LogP contribution >= 0.6 is 0 Å². The quantitative estimate of drug-likeness (QED) is 0.550. The van der Waals surface area contributed by atoms with E-state index in [-0.39, 0.29) is 18.0 Å². The number of hydrogen-bond acceptors (Lipinski definition) is 4. The summed E-state index contributed by atoms with van der Waals surface area (Å²) in [5.41, 5.74) is -0.437. The van der Waals surface area contributed by atoms with E-state index in [0.717, 1.165) is 0 Å². The molecule has 5 nitrogen and oxygen atoms in total. The third kappa shape index (κ3) is 8.61. The predicted molar refractivity (Wildman–Crippen MR) is 88.8 cm³/mol. The number of rotatable bonds is 0. The molecule has 1 N–H and O–H groups in total. The van der Waals surface area contributed by atoms with Gasteiger partial charge in [0.2, 0.25) is 5.78 Å². The highest BCUT2D eigenvalue weighted by atomic mass is 16.6. The van der Waals surface area contributed by atoms with Gasteiger partial charge in [-0.1, -0.05) is 12.3 Å². The average molecular weight is 323 g/mol. The van der Waals surface area contributed by atoms with Crippen LogP contribution in [-0.2, 0) is 9.53 Å². The van der Waals surface area contributed by atoms with Crippen molar-refractivity contribution >= 4 is 11.9 Å². The molecule has 1 aliphatic heterocycles.